The first-order valence-corrected chi connectivity index (χ1v) is 10.7. The quantitative estimate of drug-likeness (QED) is 0.425. The number of pyridine rings is 2. The lowest BCUT2D eigenvalue weighted by atomic mass is 10.1. The highest BCUT2D eigenvalue weighted by Gasteiger charge is 2.24. The van der Waals surface area contributed by atoms with Crippen molar-refractivity contribution in [3.63, 3.8) is 0 Å². The van der Waals surface area contributed by atoms with Crippen molar-refractivity contribution in [2.45, 2.75) is 18.9 Å². The molecule has 4 aromatic heterocycles. The molecule has 168 valence electrons. The summed E-state index contributed by atoms with van der Waals surface area (Å²) in [4.78, 5) is 27.2. The minimum Gasteiger partial charge on any atom is -0.506 e. The minimum absolute atomic E-state index is 0.0175. The van der Waals surface area contributed by atoms with Gasteiger partial charge in [-0.1, -0.05) is 6.07 Å². The highest BCUT2D eigenvalue weighted by molar-refractivity contribution is 5.78. The monoisotopic (exact) mass is 445 g/mol. The number of aromatic nitrogens is 5. The van der Waals surface area contributed by atoms with E-state index < -0.39 is 6.61 Å². The number of amides is 1. The molecule has 1 aliphatic heterocycles. The van der Waals surface area contributed by atoms with Gasteiger partial charge < -0.3 is 20.4 Å². The van der Waals surface area contributed by atoms with Crippen LogP contribution < -0.4 is 5.32 Å². The van der Waals surface area contributed by atoms with Gasteiger partial charge in [0.15, 0.2) is 5.82 Å². The number of nitrogens with zero attached hydrogens (tertiary/aromatic N) is 6. The smallest absolute Gasteiger partial charge is 0.248 e. The van der Waals surface area contributed by atoms with Crippen LogP contribution >= 0.6 is 0 Å². The summed E-state index contributed by atoms with van der Waals surface area (Å²) in [5.41, 5.74) is 2.89. The Labute approximate surface area is 189 Å². The Bertz CT molecular complexity index is 1310. The lowest BCUT2D eigenvalue weighted by Crippen LogP contribution is -2.46. The fourth-order valence-electron chi connectivity index (χ4n) is 4.09. The van der Waals surface area contributed by atoms with Crippen molar-refractivity contribution in [3.8, 4) is 28.4 Å². The van der Waals surface area contributed by atoms with E-state index in [1.165, 1.54) is 6.20 Å². The summed E-state index contributed by atoms with van der Waals surface area (Å²) < 4.78 is 1.76. The summed E-state index contributed by atoms with van der Waals surface area (Å²) >= 11 is 0. The van der Waals surface area contributed by atoms with Crippen LogP contribution in [0.2, 0.25) is 0 Å². The maximum atomic E-state index is 12.0. The van der Waals surface area contributed by atoms with Crippen molar-refractivity contribution in [1.29, 1.82) is 0 Å². The van der Waals surface area contributed by atoms with Crippen LogP contribution in [0.1, 0.15) is 12.8 Å². The minimum atomic E-state index is -0.492. The number of hydrogen-bond donors (Lipinski definition) is 3. The second kappa shape index (κ2) is 8.83. The summed E-state index contributed by atoms with van der Waals surface area (Å²) in [5.74, 6) is 0.849. The Morgan fingerprint density at radius 3 is 2.94 bits per heavy atom. The number of piperidine rings is 1. The molecule has 4 aromatic rings. The van der Waals surface area contributed by atoms with Crippen LogP contribution in [-0.2, 0) is 4.79 Å². The van der Waals surface area contributed by atoms with Crippen LogP contribution in [0.5, 0.6) is 5.75 Å². The number of carbonyl (C=O) groups excluding carboxylic acids is 1. The molecule has 10 nitrogen and oxygen atoms in total. The zero-order valence-corrected chi connectivity index (χ0v) is 17.8. The molecule has 0 aliphatic carbocycles. The van der Waals surface area contributed by atoms with Crippen LogP contribution in [0, 0.1) is 0 Å². The lowest BCUT2D eigenvalue weighted by Gasteiger charge is -2.33. The maximum Gasteiger partial charge on any atom is 0.248 e. The van der Waals surface area contributed by atoms with Crippen molar-refractivity contribution in [1.82, 2.24) is 29.5 Å². The van der Waals surface area contributed by atoms with Gasteiger partial charge in [0.05, 0.1) is 29.2 Å². The first kappa shape index (κ1) is 20.8. The third-order valence-corrected chi connectivity index (χ3v) is 5.67. The van der Waals surface area contributed by atoms with Gasteiger partial charge in [-0.15, -0.1) is 0 Å². The second-order valence-electron chi connectivity index (χ2n) is 7.96. The molecule has 33 heavy (non-hydrogen) atoms. The molecular formula is C23H23N7O3. The molecule has 0 radical (unpaired) electrons. The summed E-state index contributed by atoms with van der Waals surface area (Å²) in [5, 5.41) is 26.9. The number of carbonyl (C=O) groups is 1. The van der Waals surface area contributed by atoms with Gasteiger partial charge in [0, 0.05) is 43.2 Å². The van der Waals surface area contributed by atoms with E-state index in [1.54, 1.807) is 33.9 Å². The van der Waals surface area contributed by atoms with E-state index in [1.807, 2.05) is 24.4 Å². The second-order valence-corrected chi connectivity index (χ2v) is 7.96. The number of rotatable bonds is 5. The molecule has 1 atom stereocenters. The predicted molar refractivity (Wildman–Crippen MR) is 121 cm³/mol. The summed E-state index contributed by atoms with van der Waals surface area (Å²) in [6.45, 7) is 0.626. The third kappa shape index (κ3) is 4.33. The number of aliphatic hydroxyl groups is 1. The number of nitrogens with one attached hydrogen (secondary N) is 1. The Hall–Kier alpha value is -4.05. The van der Waals surface area contributed by atoms with E-state index >= 15 is 0 Å². The molecule has 1 amide bonds. The van der Waals surface area contributed by atoms with Crippen LogP contribution in [0.4, 0.5) is 5.82 Å². The van der Waals surface area contributed by atoms with Gasteiger partial charge in [-0.25, -0.2) is 14.5 Å². The van der Waals surface area contributed by atoms with Gasteiger partial charge in [0.2, 0.25) is 5.91 Å². The molecule has 0 aromatic carbocycles. The maximum absolute atomic E-state index is 12.0. The molecule has 1 aliphatic rings. The number of anilines is 1. The van der Waals surface area contributed by atoms with Gasteiger partial charge in [-0.3, -0.25) is 9.78 Å². The largest absolute Gasteiger partial charge is 0.506 e. The normalized spacial score (nSPS) is 16.2. The molecular weight excluding hydrogens is 422 g/mol. The first-order chi connectivity index (χ1) is 16.1. The van der Waals surface area contributed by atoms with E-state index in [2.05, 4.69) is 15.4 Å². The lowest BCUT2D eigenvalue weighted by molar-refractivity contribution is -0.135. The average Bonchev–Trinajstić information content (AvgIpc) is 3.28. The van der Waals surface area contributed by atoms with Gasteiger partial charge in [0.1, 0.15) is 18.2 Å². The summed E-state index contributed by atoms with van der Waals surface area (Å²) in [6, 6.07) is 9.16. The molecule has 0 bridgehead atoms. The molecule has 1 saturated heterocycles. The Balaban J connectivity index is 1.54. The van der Waals surface area contributed by atoms with Gasteiger partial charge in [-0.05, 0) is 31.0 Å². The predicted octanol–water partition coefficient (Wildman–Crippen LogP) is 1.95. The van der Waals surface area contributed by atoms with Crippen molar-refractivity contribution in [2.75, 3.05) is 25.0 Å². The summed E-state index contributed by atoms with van der Waals surface area (Å²) in [6.07, 6.45) is 8.28. The fourth-order valence-corrected chi connectivity index (χ4v) is 4.09. The van der Waals surface area contributed by atoms with Crippen LogP contribution in [-0.4, -0.2) is 71.3 Å². The van der Waals surface area contributed by atoms with Gasteiger partial charge in [-0.2, -0.15) is 5.10 Å². The number of fused-ring (bicyclic) bond motifs is 1. The summed E-state index contributed by atoms with van der Waals surface area (Å²) in [7, 11) is 0. The molecule has 10 heteroatoms. The van der Waals surface area contributed by atoms with E-state index in [-0.39, 0.29) is 17.7 Å². The Morgan fingerprint density at radius 1 is 1.18 bits per heavy atom. The van der Waals surface area contributed by atoms with Crippen LogP contribution in [0.25, 0.3) is 28.2 Å². The van der Waals surface area contributed by atoms with Crippen molar-refractivity contribution >= 4 is 17.2 Å². The number of hydrogen-bond acceptors (Lipinski definition) is 8. The topological polar surface area (TPSA) is 129 Å². The van der Waals surface area contributed by atoms with Gasteiger partial charge in [0.25, 0.3) is 0 Å². The van der Waals surface area contributed by atoms with Crippen LogP contribution in [0.15, 0.2) is 55.1 Å². The Morgan fingerprint density at radius 2 is 2.09 bits per heavy atom. The van der Waals surface area contributed by atoms with Crippen LogP contribution in [0.3, 0.4) is 0 Å². The van der Waals surface area contributed by atoms with E-state index in [9.17, 15) is 15.0 Å². The third-order valence-electron chi connectivity index (χ3n) is 5.67. The number of aromatic hydroxyl groups is 1. The zero-order chi connectivity index (χ0) is 22.8. The van der Waals surface area contributed by atoms with E-state index in [4.69, 9.17) is 9.97 Å². The number of likely N-dealkylation sites (tertiary alicyclic amines) is 1. The van der Waals surface area contributed by atoms with Gasteiger partial charge >= 0.3 is 0 Å². The molecule has 0 spiro atoms. The number of aliphatic hydroxyl groups excluding tert-OH is 1. The van der Waals surface area contributed by atoms with Crippen molar-refractivity contribution in [2.24, 2.45) is 0 Å². The highest BCUT2D eigenvalue weighted by atomic mass is 16.3. The van der Waals surface area contributed by atoms with E-state index in [0.717, 1.165) is 23.9 Å². The molecule has 0 saturated carbocycles. The van der Waals surface area contributed by atoms with E-state index in [0.29, 0.717) is 36.0 Å². The standard InChI is InChI=1S/C23H23N7O3/c31-14-22(33)29-6-3-4-16(13-29)26-21-9-19(15-8-17(32)11-24-10-15)27-23(28-21)18-12-25-30-7-2-1-5-20(18)30/h1-2,5,7-12,16,31-32H,3-4,6,13-14H2,(H,26,27,28)/t16-/m1/s1. The SMILES string of the molecule is O=C(CO)N1CCC[C@@H](Nc2cc(-c3cncc(O)c3)nc(-c3cnn4ccccc34)n2)C1. The molecule has 5 heterocycles. The molecule has 5 rings (SSSR count). The molecule has 3 N–H and O–H groups in total. The molecule has 1 fully saturated rings. The first-order valence-electron chi connectivity index (χ1n) is 10.7. The Kier molecular flexibility index (Phi) is 5.57. The molecule has 0 unspecified atom stereocenters. The average molecular weight is 445 g/mol. The van der Waals surface area contributed by atoms with Crippen molar-refractivity contribution in [3.05, 3.63) is 55.1 Å². The fraction of sp³-hybridized carbons (Fsp3) is 0.261. The van der Waals surface area contributed by atoms with Crippen molar-refractivity contribution < 1.29 is 15.0 Å². The zero-order valence-electron chi connectivity index (χ0n) is 17.8. The highest BCUT2D eigenvalue weighted by Crippen LogP contribution is 2.28.